The average molecular weight is 193 g/mol. The second kappa shape index (κ2) is 20.5. The van der Waals surface area contributed by atoms with E-state index in [1.807, 2.05) is 0 Å². The fraction of sp³-hybridized carbons (Fsp3) is 0. The van der Waals surface area contributed by atoms with Crippen molar-refractivity contribution >= 4 is 62.6 Å². The molecule has 0 aliphatic heterocycles. The van der Waals surface area contributed by atoms with E-state index in [-0.39, 0.29) is 42.8 Å². The van der Waals surface area contributed by atoms with Crippen molar-refractivity contribution < 1.29 is 0 Å². The molecule has 0 aromatic rings. The van der Waals surface area contributed by atoms with E-state index < -0.39 is 0 Å². The quantitative estimate of drug-likeness (QED) is 0.352. The molecule has 0 amide bonds. The standard InChI is InChI=1S/Li.HPS.Sn.3H/c;1-2;;;;/h;1H;;;;. The predicted octanol–water partition coefficient (Wildman–Crippen LogP) is -0.974. The molecular weight excluding hydrogens is 189 g/mol. The van der Waals surface area contributed by atoms with E-state index in [0.717, 1.165) is 0 Å². The summed E-state index contributed by atoms with van der Waals surface area (Å²) in [6, 6.07) is 0. The zero-order valence-corrected chi connectivity index (χ0v) is 7.47. The minimum absolute atomic E-state index is 0. The zero-order valence-electron chi connectivity index (χ0n) is 1.62. The third-order valence-corrected chi connectivity index (χ3v) is 0. The Kier molecular flexibility index (Phi) is 86.3. The molecule has 0 aliphatic carbocycles. The molecular formula is H4LiPSSn. The van der Waals surface area contributed by atoms with Gasteiger partial charge in [0.05, 0.1) is 0 Å². The van der Waals surface area contributed by atoms with Gasteiger partial charge in [0.2, 0.25) is 0 Å². The number of rotatable bonds is 0. The number of hydrogen-bond acceptors (Lipinski definition) is 1. The molecule has 4 heavy (non-hydrogen) atoms. The Morgan fingerprint density at radius 1 is 1.25 bits per heavy atom. The molecule has 0 N–H and O–H groups in total. The Morgan fingerprint density at radius 3 is 1.25 bits per heavy atom. The predicted molar refractivity (Wildman–Crippen MR) is 31.4 cm³/mol. The van der Waals surface area contributed by atoms with Crippen LogP contribution in [-0.4, -0.2) is 42.8 Å². The van der Waals surface area contributed by atoms with E-state index in [0.29, 0.717) is 0 Å². The maximum absolute atomic E-state index is 3.89. The zero-order chi connectivity index (χ0) is 2.00. The molecule has 0 saturated carbocycles. The first kappa shape index (κ1) is 16.8. The van der Waals surface area contributed by atoms with Crippen LogP contribution in [0.5, 0.6) is 0 Å². The van der Waals surface area contributed by atoms with Crippen LogP contribution < -0.4 is 0 Å². The van der Waals surface area contributed by atoms with Crippen molar-refractivity contribution in [2.24, 2.45) is 0 Å². The van der Waals surface area contributed by atoms with Gasteiger partial charge in [-0.2, -0.15) is 0 Å². The fourth-order valence-electron chi connectivity index (χ4n) is 0. The van der Waals surface area contributed by atoms with Crippen LogP contribution in [0.2, 0.25) is 0 Å². The monoisotopic (exact) mass is 194 g/mol. The second-order valence-corrected chi connectivity index (χ2v) is 0. The Bertz CT molecular complexity index is 8.00. The summed E-state index contributed by atoms with van der Waals surface area (Å²) in [7, 11) is 2.56. The molecule has 0 saturated heterocycles. The summed E-state index contributed by atoms with van der Waals surface area (Å²) in [5, 5.41) is 0. The molecule has 0 spiro atoms. The van der Waals surface area contributed by atoms with Crippen LogP contribution in [0.1, 0.15) is 0 Å². The van der Waals surface area contributed by atoms with Gasteiger partial charge >= 0.3 is 42.8 Å². The van der Waals surface area contributed by atoms with Crippen LogP contribution in [0.3, 0.4) is 0 Å². The van der Waals surface area contributed by atoms with Crippen LogP contribution in [0, 0.1) is 0 Å². The number of hydrogen-bond donors (Lipinski definition) is 0. The van der Waals surface area contributed by atoms with Crippen molar-refractivity contribution in [3.8, 4) is 0 Å². The molecule has 0 aromatic carbocycles. The van der Waals surface area contributed by atoms with Gasteiger partial charge in [0.25, 0.3) is 0 Å². The van der Waals surface area contributed by atoms with E-state index in [2.05, 4.69) is 19.8 Å². The van der Waals surface area contributed by atoms with Crippen molar-refractivity contribution in [3.05, 3.63) is 0 Å². The van der Waals surface area contributed by atoms with Crippen molar-refractivity contribution in [1.82, 2.24) is 0 Å². The van der Waals surface area contributed by atoms with Crippen LogP contribution in [0.25, 0.3) is 0 Å². The van der Waals surface area contributed by atoms with Gasteiger partial charge in [-0.15, -0.1) is 0 Å². The van der Waals surface area contributed by atoms with Crippen LogP contribution in [-0.2, 0) is 11.8 Å². The maximum atomic E-state index is 3.89. The third-order valence-electron chi connectivity index (χ3n) is 0. The van der Waals surface area contributed by atoms with Gasteiger partial charge in [-0.3, -0.25) is 0 Å². The molecule has 20 valence electrons. The fourth-order valence-corrected chi connectivity index (χ4v) is 0. The van der Waals surface area contributed by atoms with Gasteiger partial charge in [0, 0.05) is 0 Å². The van der Waals surface area contributed by atoms with Gasteiger partial charge in [-0.25, -0.2) is 0 Å². The van der Waals surface area contributed by atoms with Crippen molar-refractivity contribution in [2.75, 3.05) is 0 Å². The van der Waals surface area contributed by atoms with Crippen LogP contribution >= 0.6 is 8.02 Å². The molecule has 0 heterocycles. The third kappa shape index (κ3) is 9.07. The van der Waals surface area contributed by atoms with E-state index >= 15 is 0 Å². The SMILES string of the molecule is P=S.[LiH].[SnH2]. The Hall–Kier alpha value is 1.92. The minimum atomic E-state index is 0. The molecule has 0 nitrogen and oxygen atoms in total. The molecule has 0 aromatic heterocycles. The normalized spacial score (nSPS) is 1.00. The van der Waals surface area contributed by atoms with Gasteiger partial charge in [0.1, 0.15) is 0 Å². The van der Waals surface area contributed by atoms with Crippen molar-refractivity contribution in [1.29, 1.82) is 0 Å². The summed E-state index contributed by atoms with van der Waals surface area (Å²) in [4.78, 5) is 0. The summed E-state index contributed by atoms with van der Waals surface area (Å²) < 4.78 is 0. The van der Waals surface area contributed by atoms with Gasteiger partial charge in [-0.1, -0.05) is 11.8 Å². The van der Waals surface area contributed by atoms with Crippen LogP contribution in [0.4, 0.5) is 0 Å². The molecule has 0 unspecified atom stereocenters. The van der Waals surface area contributed by atoms with E-state index in [9.17, 15) is 0 Å². The molecule has 4 heteroatoms. The van der Waals surface area contributed by atoms with Crippen LogP contribution in [0.15, 0.2) is 0 Å². The molecule has 0 bridgehead atoms. The Labute approximate surface area is 62.1 Å². The summed E-state index contributed by atoms with van der Waals surface area (Å²) in [6.07, 6.45) is 0. The first-order chi connectivity index (χ1) is 1.00. The van der Waals surface area contributed by atoms with Gasteiger partial charge < -0.3 is 0 Å². The van der Waals surface area contributed by atoms with Gasteiger partial charge in [-0.05, 0) is 8.02 Å². The first-order valence-corrected chi connectivity index (χ1v) is 1.84. The van der Waals surface area contributed by atoms with Gasteiger partial charge in [0.15, 0.2) is 0 Å². The van der Waals surface area contributed by atoms with E-state index in [4.69, 9.17) is 0 Å². The van der Waals surface area contributed by atoms with Crippen molar-refractivity contribution in [3.63, 3.8) is 0 Å². The average Bonchev–Trinajstić information content (AvgIpc) is 1.00. The summed E-state index contributed by atoms with van der Waals surface area (Å²) in [5.74, 6) is 0. The Balaban J connectivity index is -0.00000000500. The molecule has 2 radical (unpaired) electrons. The summed E-state index contributed by atoms with van der Waals surface area (Å²) in [6.45, 7) is 0. The molecule has 0 atom stereocenters. The van der Waals surface area contributed by atoms with Crippen molar-refractivity contribution in [2.45, 2.75) is 0 Å². The molecule has 0 rings (SSSR count). The summed E-state index contributed by atoms with van der Waals surface area (Å²) in [5.41, 5.74) is 0. The first-order valence-electron chi connectivity index (χ1n) is 0.204. The topological polar surface area (TPSA) is 0 Å². The van der Waals surface area contributed by atoms with E-state index in [1.165, 1.54) is 0 Å². The molecule has 0 aliphatic rings. The Morgan fingerprint density at radius 2 is 1.25 bits per heavy atom. The summed E-state index contributed by atoms with van der Waals surface area (Å²) >= 11 is 3.89. The van der Waals surface area contributed by atoms with E-state index in [1.54, 1.807) is 0 Å². The second-order valence-electron chi connectivity index (χ2n) is 0. The molecule has 0 fully saturated rings.